The Labute approximate surface area is 93.4 Å². The normalized spacial score (nSPS) is 12.1. The van der Waals surface area contributed by atoms with Crippen molar-refractivity contribution in [1.82, 2.24) is 4.98 Å². The van der Waals surface area contributed by atoms with E-state index < -0.39 is 36.9 Å². The Hall–Kier alpha value is -0.660. The molecule has 1 aromatic heterocycles. The van der Waals surface area contributed by atoms with Gasteiger partial charge in [-0.3, -0.25) is 0 Å². The van der Waals surface area contributed by atoms with E-state index >= 15 is 0 Å². The first-order valence-corrected chi connectivity index (χ1v) is 6.11. The lowest BCUT2D eigenvalue weighted by Gasteiger charge is -2.06. The van der Waals surface area contributed by atoms with Gasteiger partial charge in [0.05, 0.1) is 5.02 Å². The molecule has 1 heterocycles. The van der Waals surface area contributed by atoms with Crippen LogP contribution < -0.4 is 5.73 Å². The summed E-state index contributed by atoms with van der Waals surface area (Å²) in [4.78, 5) is 3.28. The van der Waals surface area contributed by atoms with Gasteiger partial charge in [-0.1, -0.05) is 11.6 Å². The van der Waals surface area contributed by atoms with E-state index in [0.29, 0.717) is 0 Å². The van der Waals surface area contributed by atoms with Gasteiger partial charge < -0.3 is 5.73 Å². The van der Waals surface area contributed by atoms with Crippen LogP contribution in [0, 0.1) is 0 Å². The van der Waals surface area contributed by atoms with Crippen LogP contribution in [0.1, 0.15) is 12.0 Å². The first-order chi connectivity index (χ1) is 6.73. The van der Waals surface area contributed by atoms with Gasteiger partial charge in [-0.05, 0) is 6.07 Å². The van der Waals surface area contributed by atoms with Crippen LogP contribution in [0.5, 0.6) is 0 Å². The molecule has 0 bridgehead atoms. The lowest BCUT2D eigenvalue weighted by atomic mass is 10.3. The van der Waals surface area contributed by atoms with Gasteiger partial charge in [-0.2, -0.15) is 0 Å². The number of hydrogen-bond acceptors (Lipinski definition) is 4. The van der Waals surface area contributed by atoms with Crippen LogP contribution in [0.3, 0.4) is 0 Å². The molecular weight excluding hydrogens is 273 g/mol. The summed E-state index contributed by atoms with van der Waals surface area (Å²) in [6, 6.07) is 0.790. The molecule has 0 spiro atoms. The highest BCUT2D eigenvalue weighted by Crippen LogP contribution is 2.33. The summed E-state index contributed by atoms with van der Waals surface area (Å²) in [5, 5.41) is -1.57. The Morgan fingerprint density at radius 3 is 2.40 bits per heavy atom. The zero-order valence-corrected chi connectivity index (χ0v) is 9.24. The molecule has 15 heavy (non-hydrogen) atoms. The Kier molecular flexibility index (Phi) is 3.37. The average Bonchev–Trinajstić information content (AvgIpc) is 2.06. The van der Waals surface area contributed by atoms with Crippen molar-refractivity contribution in [3.63, 3.8) is 0 Å². The van der Waals surface area contributed by atoms with Gasteiger partial charge in [-0.25, -0.2) is 22.2 Å². The number of nitrogens with zero attached hydrogens (tertiary/aromatic N) is 1. The number of pyridine rings is 1. The smallest absolute Gasteiger partial charge is 0.280 e. The maximum Gasteiger partial charge on any atom is 0.280 e. The molecule has 1 aromatic rings. The second-order valence-electron chi connectivity index (χ2n) is 2.49. The number of nitrogens with two attached hydrogens (primary N) is 1. The summed E-state index contributed by atoms with van der Waals surface area (Å²) in [6.07, 6.45) is -2.96. The van der Waals surface area contributed by atoms with E-state index in [9.17, 15) is 17.2 Å². The second kappa shape index (κ2) is 4.07. The van der Waals surface area contributed by atoms with Crippen molar-refractivity contribution in [2.75, 3.05) is 5.73 Å². The molecular formula is C6H4Cl2F2N2O2S. The number of halogens is 4. The van der Waals surface area contributed by atoms with Crippen molar-refractivity contribution in [2.45, 2.75) is 11.5 Å². The molecule has 0 unspecified atom stereocenters. The molecule has 0 amide bonds. The average molecular weight is 277 g/mol. The van der Waals surface area contributed by atoms with Crippen LogP contribution in [0.2, 0.25) is 5.02 Å². The largest absolute Gasteiger partial charge is 0.384 e. The topological polar surface area (TPSA) is 73.1 Å². The quantitative estimate of drug-likeness (QED) is 0.841. The third kappa shape index (κ3) is 2.67. The number of alkyl halides is 2. The molecule has 0 aliphatic carbocycles. The minimum atomic E-state index is -4.30. The summed E-state index contributed by atoms with van der Waals surface area (Å²) in [5.41, 5.74) is 4.42. The number of rotatable bonds is 2. The molecule has 84 valence electrons. The summed E-state index contributed by atoms with van der Waals surface area (Å²) < 4.78 is 46.5. The summed E-state index contributed by atoms with van der Waals surface area (Å²) in [7, 11) is 0.641. The minimum absolute atomic E-state index is 0.395. The second-order valence-corrected chi connectivity index (χ2v) is 5.35. The molecule has 0 aromatic carbocycles. The molecule has 0 aliphatic heterocycles. The summed E-state index contributed by atoms with van der Waals surface area (Å²) >= 11 is 5.40. The summed E-state index contributed by atoms with van der Waals surface area (Å²) in [5.74, 6) is -0.395. The highest BCUT2D eigenvalue weighted by Gasteiger charge is 2.24. The van der Waals surface area contributed by atoms with Gasteiger partial charge in [0.2, 0.25) is 0 Å². The Balaban J connectivity index is 3.56. The maximum absolute atomic E-state index is 12.4. The van der Waals surface area contributed by atoms with Gasteiger partial charge in [0.1, 0.15) is 5.82 Å². The first kappa shape index (κ1) is 12.4. The van der Waals surface area contributed by atoms with Gasteiger partial charge in [0, 0.05) is 16.2 Å². The highest BCUT2D eigenvalue weighted by atomic mass is 35.7. The Morgan fingerprint density at radius 1 is 1.47 bits per heavy atom. The number of aromatic nitrogens is 1. The van der Waals surface area contributed by atoms with E-state index in [2.05, 4.69) is 4.98 Å². The van der Waals surface area contributed by atoms with E-state index in [1.54, 1.807) is 0 Å². The standard InChI is InChI=1S/C6H4Cl2F2N2O2S/c7-4-2(5(9)10)1-3(11)12-6(4)15(8,13)14/h1,5H,(H2,11,12). The van der Waals surface area contributed by atoms with Crippen molar-refractivity contribution >= 4 is 37.2 Å². The Bertz CT molecular complexity index is 492. The van der Waals surface area contributed by atoms with E-state index in [1.165, 1.54) is 0 Å². The van der Waals surface area contributed by atoms with E-state index in [-0.39, 0.29) is 0 Å². The number of hydrogen-bond donors (Lipinski definition) is 1. The van der Waals surface area contributed by atoms with Gasteiger partial charge in [0.15, 0.2) is 5.03 Å². The third-order valence-electron chi connectivity index (χ3n) is 1.44. The maximum atomic E-state index is 12.4. The van der Waals surface area contributed by atoms with E-state index in [0.717, 1.165) is 6.07 Å². The first-order valence-electron chi connectivity index (χ1n) is 3.42. The molecule has 4 nitrogen and oxygen atoms in total. The van der Waals surface area contributed by atoms with Crippen molar-refractivity contribution in [3.8, 4) is 0 Å². The van der Waals surface area contributed by atoms with Crippen LogP contribution in [0.4, 0.5) is 14.6 Å². The SMILES string of the molecule is Nc1cc(C(F)F)c(Cl)c(S(=O)(=O)Cl)n1. The van der Waals surface area contributed by atoms with E-state index in [1.807, 2.05) is 0 Å². The monoisotopic (exact) mass is 276 g/mol. The number of nitrogen functional groups attached to an aromatic ring is 1. The molecule has 9 heteroatoms. The zero-order chi connectivity index (χ0) is 11.8. The minimum Gasteiger partial charge on any atom is -0.384 e. The molecule has 0 aliphatic rings. The molecule has 0 radical (unpaired) electrons. The fraction of sp³-hybridized carbons (Fsp3) is 0.167. The van der Waals surface area contributed by atoms with Crippen molar-refractivity contribution < 1.29 is 17.2 Å². The molecule has 0 saturated carbocycles. The molecule has 2 N–H and O–H groups in total. The zero-order valence-electron chi connectivity index (χ0n) is 6.92. The lowest BCUT2D eigenvalue weighted by Crippen LogP contribution is -2.03. The molecule has 0 fully saturated rings. The van der Waals surface area contributed by atoms with E-state index in [4.69, 9.17) is 28.0 Å². The van der Waals surface area contributed by atoms with Crippen molar-refractivity contribution in [3.05, 3.63) is 16.7 Å². The predicted molar refractivity (Wildman–Crippen MR) is 51.7 cm³/mol. The molecule has 0 atom stereocenters. The van der Waals surface area contributed by atoms with Crippen molar-refractivity contribution in [2.24, 2.45) is 0 Å². The van der Waals surface area contributed by atoms with Crippen LogP contribution in [-0.2, 0) is 9.05 Å². The van der Waals surface area contributed by atoms with Gasteiger partial charge in [-0.15, -0.1) is 0 Å². The van der Waals surface area contributed by atoms with Crippen LogP contribution >= 0.6 is 22.3 Å². The fourth-order valence-electron chi connectivity index (χ4n) is 0.865. The lowest BCUT2D eigenvalue weighted by molar-refractivity contribution is 0.151. The number of anilines is 1. The van der Waals surface area contributed by atoms with Crippen LogP contribution in [0.15, 0.2) is 11.1 Å². The van der Waals surface area contributed by atoms with Crippen LogP contribution in [0.25, 0.3) is 0 Å². The molecule has 0 saturated heterocycles. The van der Waals surface area contributed by atoms with Crippen molar-refractivity contribution in [1.29, 1.82) is 0 Å². The summed E-state index contributed by atoms with van der Waals surface area (Å²) in [6.45, 7) is 0. The third-order valence-corrected chi connectivity index (χ3v) is 3.15. The highest BCUT2D eigenvalue weighted by molar-refractivity contribution is 8.13. The Morgan fingerprint density at radius 2 is 2.00 bits per heavy atom. The molecule has 1 rings (SSSR count). The van der Waals surface area contributed by atoms with Crippen LogP contribution in [-0.4, -0.2) is 13.4 Å². The van der Waals surface area contributed by atoms with Gasteiger partial charge >= 0.3 is 0 Å². The fourth-order valence-corrected chi connectivity index (χ4v) is 2.35. The van der Waals surface area contributed by atoms with Gasteiger partial charge in [0.25, 0.3) is 15.5 Å². The predicted octanol–water partition coefficient (Wildman–Crippen LogP) is 2.18.